The summed E-state index contributed by atoms with van der Waals surface area (Å²) in [5.41, 5.74) is 0. The van der Waals surface area contributed by atoms with Gasteiger partial charge in [-0.2, -0.15) is 0 Å². The van der Waals surface area contributed by atoms with Crippen LogP contribution in [0.15, 0.2) is 0 Å². The van der Waals surface area contributed by atoms with Gasteiger partial charge in [0, 0.05) is 13.2 Å². The van der Waals surface area contributed by atoms with Crippen molar-refractivity contribution in [1.29, 1.82) is 0 Å². The molecule has 0 aromatic carbocycles. The number of rotatable bonds is 6. The van der Waals surface area contributed by atoms with E-state index in [1.54, 1.807) is 0 Å². The van der Waals surface area contributed by atoms with Gasteiger partial charge in [0.05, 0.1) is 0 Å². The second-order valence-electron chi connectivity index (χ2n) is 3.00. The zero-order chi connectivity index (χ0) is 7.82. The van der Waals surface area contributed by atoms with Crippen molar-refractivity contribution in [2.24, 2.45) is 5.92 Å². The molecule has 10 heavy (non-hydrogen) atoms. The van der Waals surface area contributed by atoms with Gasteiger partial charge in [-0.1, -0.05) is 20.8 Å². The van der Waals surface area contributed by atoms with Crippen LogP contribution in [0.3, 0.4) is 0 Å². The molecule has 0 amide bonds. The molecule has 0 heterocycles. The minimum atomic E-state index is 0.809. The van der Waals surface area contributed by atoms with Crippen molar-refractivity contribution in [2.45, 2.75) is 33.1 Å². The SMILES string of the molecule is [CH2]CCOCCCC(C)C. The molecule has 0 aliphatic heterocycles. The van der Waals surface area contributed by atoms with Gasteiger partial charge in [0.1, 0.15) is 0 Å². The quantitative estimate of drug-likeness (QED) is 0.519. The van der Waals surface area contributed by atoms with E-state index < -0.39 is 0 Å². The van der Waals surface area contributed by atoms with Crippen LogP contribution in [0.4, 0.5) is 0 Å². The maximum Gasteiger partial charge on any atom is 0.0466 e. The zero-order valence-electron chi connectivity index (χ0n) is 7.23. The smallest absolute Gasteiger partial charge is 0.0466 e. The maximum atomic E-state index is 5.27. The Labute approximate surface area is 64.8 Å². The Morgan fingerprint density at radius 3 is 2.50 bits per heavy atom. The molecule has 0 atom stereocenters. The summed E-state index contributed by atoms with van der Waals surface area (Å²) < 4.78 is 5.27. The molecule has 0 aliphatic rings. The topological polar surface area (TPSA) is 9.23 Å². The third kappa shape index (κ3) is 7.96. The molecule has 0 aromatic rings. The van der Waals surface area contributed by atoms with Gasteiger partial charge in [-0.05, 0) is 25.2 Å². The molecule has 0 saturated heterocycles. The molecule has 0 fully saturated rings. The van der Waals surface area contributed by atoms with E-state index in [2.05, 4.69) is 20.8 Å². The maximum absolute atomic E-state index is 5.27. The normalized spacial score (nSPS) is 10.8. The van der Waals surface area contributed by atoms with E-state index in [1.807, 2.05) is 0 Å². The fourth-order valence-corrected chi connectivity index (χ4v) is 0.798. The molecule has 0 aromatic heterocycles. The lowest BCUT2D eigenvalue weighted by Gasteiger charge is -2.04. The average molecular weight is 143 g/mol. The van der Waals surface area contributed by atoms with Crippen LogP contribution in [0, 0.1) is 12.8 Å². The van der Waals surface area contributed by atoms with E-state index in [9.17, 15) is 0 Å². The lowest BCUT2D eigenvalue weighted by atomic mass is 10.1. The van der Waals surface area contributed by atoms with Crippen molar-refractivity contribution < 1.29 is 4.74 Å². The van der Waals surface area contributed by atoms with E-state index in [-0.39, 0.29) is 0 Å². The summed E-state index contributed by atoms with van der Waals surface area (Å²) >= 11 is 0. The van der Waals surface area contributed by atoms with E-state index in [1.165, 1.54) is 12.8 Å². The molecular formula is C9H19O. The summed E-state index contributed by atoms with van der Waals surface area (Å²) in [6.07, 6.45) is 3.36. The van der Waals surface area contributed by atoms with Crippen LogP contribution >= 0.6 is 0 Å². The van der Waals surface area contributed by atoms with Gasteiger partial charge in [-0.3, -0.25) is 0 Å². The highest BCUT2D eigenvalue weighted by Gasteiger charge is 1.92. The Hall–Kier alpha value is -0.0400. The lowest BCUT2D eigenvalue weighted by Crippen LogP contribution is -1.97. The van der Waals surface area contributed by atoms with Crippen molar-refractivity contribution in [3.8, 4) is 0 Å². The monoisotopic (exact) mass is 143 g/mol. The first-order valence-corrected chi connectivity index (χ1v) is 4.14. The second kappa shape index (κ2) is 7.07. The molecule has 0 spiro atoms. The van der Waals surface area contributed by atoms with E-state index in [4.69, 9.17) is 4.74 Å². The van der Waals surface area contributed by atoms with Crippen molar-refractivity contribution in [3.63, 3.8) is 0 Å². The third-order valence-corrected chi connectivity index (χ3v) is 1.36. The van der Waals surface area contributed by atoms with Crippen molar-refractivity contribution in [3.05, 3.63) is 6.92 Å². The molecule has 0 saturated carbocycles. The molecule has 1 nitrogen and oxygen atoms in total. The Kier molecular flexibility index (Phi) is 7.04. The average Bonchev–Trinajstić information content (AvgIpc) is 1.87. The summed E-state index contributed by atoms with van der Waals surface area (Å²) in [6, 6.07) is 0. The summed E-state index contributed by atoms with van der Waals surface area (Å²) in [6.45, 7) is 9.90. The molecule has 61 valence electrons. The molecule has 0 aliphatic carbocycles. The summed E-state index contributed by atoms with van der Waals surface area (Å²) in [4.78, 5) is 0. The highest BCUT2D eigenvalue weighted by Crippen LogP contribution is 2.02. The van der Waals surface area contributed by atoms with E-state index in [0.29, 0.717) is 0 Å². The number of ether oxygens (including phenoxy) is 1. The van der Waals surface area contributed by atoms with Gasteiger partial charge in [0.2, 0.25) is 0 Å². The predicted octanol–water partition coefficient (Wildman–Crippen LogP) is 2.66. The highest BCUT2D eigenvalue weighted by atomic mass is 16.5. The van der Waals surface area contributed by atoms with Crippen LogP contribution in [0.2, 0.25) is 0 Å². The first-order chi connectivity index (χ1) is 4.77. The number of hydrogen-bond donors (Lipinski definition) is 0. The van der Waals surface area contributed by atoms with E-state index >= 15 is 0 Å². The second-order valence-corrected chi connectivity index (χ2v) is 3.00. The van der Waals surface area contributed by atoms with Crippen LogP contribution in [0.5, 0.6) is 0 Å². The molecule has 0 rings (SSSR count). The summed E-state index contributed by atoms with van der Waals surface area (Å²) in [7, 11) is 0. The van der Waals surface area contributed by atoms with Crippen molar-refractivity contribution in [2.75, 3.05) is 13.2 Å². The first kappa shape index (κ1) is 9.96. The lowest BCUT2D eigenvalue weighted by molar-refractivity contribution is 0.132. The van der Waals surface area contributed by atoms with Crippen LogP contribution in [-0.2, 0) is 4.74 Å². The van der Waals surface area contributed by atoms with Crippen LogP contribution in [-0.4, -0.2) is 13.2 Å². The fraction of sp³-hybridized carbons (Fsp3) is 0.889. The molecular weight excluding hydrogens is 124 g/mol. The Morgan fingerprint density at radius 2 is 2.00 bits per heavy atom. The van der Waals surface area contributed by atoms with Crippen molar-refractivity contribution in [1.82, 2.24) is 0 Å². The highest BCUT2D eigenvalue weighted by molar-refractivity contribution is 4.44. The predicted molar refractivity (Wildman–Crippen MR) is 44.9 cm³/mol. The third-order valence-electron chi connectivity index (χ3n) is 1.36. The molecule has 1 heteroatoms. The Bertz CT molecular complexity index is 59.7. The molecule has 0 N–H and O–H groups in total. The molecule has 0 unspecified atom stereocenters. The van der Waals surface area contributed by atoms with Gasteiger partial charge in [0.25, 0.3) is 0 Å². The van der Waals surface area contributed by atoms with Crippen LogP contribution in [0.25, 0.3) is 0 Å². The minimum absolute atomic E-state index is 0.809. The summed E-state index contributed by atoms with van der Waals surface area (Å²) in [5, 5.41) is 0. The number of hydrogen-bond acceptors (Lipinski definition) is 1. The van der Waals surface area contributed by atoms with Gasteiger partial charge >= 0.3 is 0 Å². The van der Waals surface area contributed by atoms with Gasteiger partial charge < -0.3 is 4.74 Å². The molecule has 0 bridgehead atoms. The standard InChI is InChI=1S/C9H19O/c1-4-7-10-8-5-6-9(2)3/h9H,1,4-8H2,2-3H3. The first-order valence-electron chi connectivity index (χ1n) is 4.14. The van der Waals surface area contributed by atoms with Crippen LogP contribution in [0.1, 0.15) is 33.1 Å². The minimum Gasteiger partial charge on any atom is -0.381 e. The largest absolute Gasteiger partial charge is 0.381 e. The van der Waals surface area contributed by atoms with Crippen LogP contribution < -0.4 is 0 Å². The summed E-state index contributed by atoms with van der Waals surface area (Å²) in [5.74, 6) is 0.809. The van der Waals surface area contributed by atoms with Gasteiger partial charge in [0.15, 0.2) is 0 Å². The molecule has 1 radical (unpaired) electrons. The van der Waals surface area contributed by atoms with Gasteiger partial charge in [-0.25, -0.2) is 0 Å². The Balaban J connectivity index is 2.77. The van der Waals surface area contributed by atoms with Crippen molar-refractivity contribution >= 4 is 0 Å². The zero-order valence-corrected chi connectivity index (χ0v) is 7.23. The van der Waals surface area contributed by atoms with Gasteiger partial charge in [-0.15, -0.1) is 0 Å². The Morgan fingerprint density at radius 1 is 1.30 bits per heavy atom. The van der Waals surface area contributed by atoms with E-state index in [0.717, 1.165) is 25.6 Å². The fourth-order valence-electron chi connectivity index (χ4n) is 0.798.